The Balaban J connectivity index is 1.15. The highest BCUT2D eigenvalue weighted by molar-refractivity contribution is 5.92. The average molecular weight is 478 g/mol. The standard InChI is InChI=1S/C26H31N5O4/c32-23(20-4-1-2-7-27-20)29-25-13-18-12-19(14-25)16-26(15-18,17-25)30-24(33)35-22-6-3-5-21(28-22)31-8-10-34-11-9-31/h1-7,18-19H,8-17H2,(H,29,32)(H,30,33). The molecule has 0 spiro atoms. The van der Waals surface area contributed by atoms with E-state index in [1.54, 1.807) is 24.4 Å². The first-order valence-electron chi connectivity index (χ1n) is 12.5. The van der Waals surface area contributed by atoms with Crippen molar-refractivity contribution >= 4 is 17.8 Å². The zero-order valence-electron chi connectivity index (χ0n) is 19.7. The van der Waals surface area contributed by atoms with Crippen LogP contribution in [0.4, 0.5) is 10.6 Å². The molecule has 4 aliphatic carbocycles. The number of carbonyl (C=O) groups excluding carboxylic acids is 2. The quantitative estimate of drug-likeness (QED) is 0.682. The van der Waals surface area contributed by atoms with Crippen molar-refractivity contribution in [3.63, 3.8) is 0 Å². The van der Waals surface area contributed by atoms with Gasteiger partial charge in [0.2, 0.25) is 5.88 Å². The van der Waals surface area contributed by atoms with Crippen molar-refractivity contribution in [1.29, 1.82) is 0 Å². The fraction of sp³-hybridized carbons (Fsp3) is 0.538. The third kappa shape index (κ3) is 4.57. The summed E-state index contributed by atoms with van der Waals surface area (Å²) in [5.74, 6) is 1.88. The highest BCUT2D eigenvalue weighted by Crippen LogP contribution is 2.57. The van der Waals surface area contributed by atoms with E-state index in [9.17, 15) is 9.59 Å². The fourth-order valence-corrected chi connectivity index (χ4v) is 7.12. The fourth-order valence-electron chi connectivity index (χ4n) is 7.12. The number of aromatic nitrogens is 2. The first kappa shape index (κ1) is 22.3. The molecule has 2 atom stereocenters. The SMILES string of the molecule is O=C(NC12CC3CC(C1)CC(NC(=O)c1ccccn1)(C3)C2)Oc1cccc(N2CCOCC2)n1. The van der Waals surface area contributed by atoms with Crippen LogP contribution in [0.25, 0.3) is 0 Å². The molecule has 9 nitrogen and oxygen atoms in total. The van der Waals surface area contributed by atoms with Crippen molar-refractivity contribution in [2.75, 3.05) is 31.2 Å². The van der Waals surface area contributed by atoms with E-state index in [2.05, 4.69) is 25.5 Å². The summed E-state index contributed by atoms with van der Waals surface area (Å²) in [6.45, 7) is 2.86. The number of anilines is 1. The normalized spacial score (nSPS) is 31.1. The van der Waals surface area contributed by atoms with Gasteiger partial charge in [0.15, 0.2) is 0 Å². The van der Waals surface area contributed by atoms with Crippen molar-refractivity contribution in [2.45, 2.75) is 49.6 Å². The molecule has 2 aromatic heterocycles. The van der Waals surface area contributed by atoms with Gasteiger partial charge in [0, 0.05) is 36.4 Å². The van der Waals surface area contributed by atoms with Gasteiger partial charge in [-0.3, -0.25) is 9.78 Å². The second-order valence-electron chi connectivity index (χ2n) is 10.6. The minimum Gasteiger partial charge on any atom is -0.391 e. The number of nitrogens with one attached hydrogen (secondary N) is 2. The maximum atomic E-state index is 13.0. The van der Waals surface area contributed by atoms with Gasteiger partial charge in [-0.15, -0.1) is 0 Å². The third-order valence-corrected chi connectivity index (χ3v) is 7.95. The van der Waals surface area contributed by atoms with Gasteiger partial charge >= 0.3 is 6.09 Å². The van der Waals surface area contributed by atoms with Gasteiger partial charge in [-0.1, -0.05) is 12.1 Å². The van der Waals surface area contributed by atoms with E-state index in [-0.39, 0.29) is 22.9 Å². The minimum atomic E-state index is -0.482. The van der Waals surface area contributed by atoms with E-state index >= 15 is 0 Å². The van der Waals surface area contributed by atoms with E-state index in [0.29, 0.717) is 37.2 Å². The van der Waals surface area contributed by atoms with E-state index < -0.39 is 6.09 Å². The Bertz CT molecular complexity index is 1090. The van der Waals surface area contributed by atoms with Crippen LogP contribution in [0, 0.1) is 11.8 Å². The predicted octanol–water partition coefficient (Wildman–Crippen LogP) is 2.92. The second kappa shape index (κ2) is 8.78. The third-order valence-electron chi connectivity index (χ3n) is 7.95. The maximum Gasteiger partial charge on any atom is 0.414 e. The zero-order valence-corrected chi connectivity index (χ0v) is 19.7. The number of hydrogen-bond acceptors (Lipinski definition) is 7. The lowest BCUT2D eigenvalue weighted by Crippen LogP contribution is -2.70. The number of morpholine rings is 1. The largest absolute Gasteiger partial charge is 0.414 e. The minimum absolute atomic E-state index is 0.144. The molecule has 35 heavy (non-hydrogen) atoms. The molecule has 9 heteroatoms. The molecule has 4 saturated carbocycles. The van der Waals surface area contributed by atoms with Crippen molar-refractivity contribution < 1.29 is 19.1 Å². The van der Waals surface area contributed by atoms with Crippen LogP contribution in [0.15, 0.2) is 42.6 Å². The van der Waals surface area contributed by atoms with Gasteiger partial charge in [0.05, 0.1) is 13.2 Å². The summed E-state index contributed by atoms with van der Waals surface area (Å²) in [7, 11) is 0. The summed E-state index contributed by atoms with van der Waals surface area (Å²) >= 11 is 0. The summed E-state index contributed by atoms with van der Waals surface area (Å²) in [6.07, 6.45) is 6.75. The number of amides is 2. The van der Waals surface area contributed by atoms with Gasteiger partial charge in [-0.05, 0) is 68.6 Å². The number of ether oxygens (including phenoxy) is 2. The summed E-state index contributed by atoms with van der Waals surface area (Å²) in [6, 6.07) is 10.8. The molecular weight excluding hydrogens is 446 g/mol. The molecule has 2 aromatic rings. The van der Waals surface area contributed by atoms with Crippen LogP contribution in [0.1, 0.15) is 49.0 Å². The Kier molecular flexibility index (Phi) is 5.59. The number of rotatable bonds is 5. The summed E-state index contributed by atoms with van der Waals surface area (Å²) in [5, 5.41) is 6.52. The lowest BCUT2D eigenvalue weighted by Gasteiger charge is -2.61. The van der Waals surface area contributed by atoms with Crippen LogP contribution >= 0.6 is 0 Å². The zero-order chi connectivity index (χ0) is 23.9. The molecule has 0 aromatic carbocycles. The molecule has 184 valence electrons. The maximum absolute atomic E-state index is 13.0. The molecule has 4 bridgehead atoms. The van der Waals surface area contributed by atoms with Gasteiger partial charge in [-0.25, -0.2) is 4.79 Å². The molecule has 2 amide bonds. The molecule has 3 heterocycles. The van der Waals surface area contributed by atoms with E-state index in [0.717, 1.165) is 51.0 Å². The van der Waals surface area contributed by atoms with Gasteiger partial charge in [0.1, 0.15) is 11.5 Å². The van der Waals surface area contributed by atoms with Crippen LogP contribution in [-0.2, 0) is 4.74 Å². The van der Waals surface area contributed by atoms with Gasteiger partial charge < -0.3 is 25.0 Å². The first-order chi connectivity index (χ1) is 17.0. The number of carbonyl (C=O) groups is 2. The molecule has 5 aliphatic rings. The van der Waals surface area contributed by atoms with Crippen molar-refractivity contribution in [2.24, 2.45) is 11.8 Å². The Morgan fingerprint density at radius 3 is 2.43 bits per heavy atom. The molecule has 7 rings (SSSR count). The smallest absolute Gasteiger partial charge is 0.391 e. The highest BCUT2D eigenvalue weighted by Gasteiger charge is 2.59. The van der Waals surface area contributed by atoms with Gasteiger partial charge in [-0.2, -0.15) is 4.98 Å². The monoisotopic (exact) mass is 477 g/mol. The van der Waals surface area contributed by atoms with Crippen LogP contribution in [-0.4, -0.2) is 59.3 Å². The first-order valence-corrected chi connectivity index (χ1v) is 12.5. The summed E-state index contributed by atoms with van der Waals surface area (Å²) in [5.41, 5.74) is -0.267. The summed E-state index contributed by atoms with van der Waals surface area (Å²) < 4.78 is 11.1. The summed E-state index contributed by atoms with van der Waals surface area (Å²) in [4.78, 5) is 36.9. The number of nitrogens with zero attached hydrogens (tertiary/aromatic N) is 3. The number of pyridine rings is 2. The lowest BCUT2D eigenvalue weighted by molar-refractivity contribution is -0.0450. The molecule has 1 aliphatic heterocycles. The predicted molar refractivity (Wildman–Crippen MR) is 128 cm³/mol. The van der Waals surface area contributed by atoms with Crippen LogP contribution < -0.4 is 20.3 Å². The lowest BCUT2D eigenvalue weighted by atomic mass is 9.50. The molecule has 5 fully saturated rings. The van der Waals surface area contributed by atoms with Crippen molar-refractivity contribution in [1.82, 2.24) is 20.6 Å². The molecule has 0 radical (unpaired) electrons. The molecular formula is C26H31N5O4. The van der Waals surface area contributed by atoms with Crippen LogP contribution in [0.5, 0.6) is 5.88 Å². The van der Waals surface area contributed by atoms with Crippen molar-refractivity contribution in [3.05, 3.63) is 48.3 Å². The Labute approximate surface area is 204 Å². The molecule has 1 saturated heterocycles. The second-order valence-corrected chi connectivity index (χ2v) is 10.6. The van der Waals surface area contributed by atoms with E-state index in [1.165, 1.54) is 0 Å². The van der Waals surface area contributed by atoms with Crippen LogP contribution in [0.3, 0.4) is 0 Å². The van der Waals surface area contributed by atoms with E-state index in [1.807, 2.05) is 18.2 Å². The molecule has 2 N–H and O–H groups in total. The van der Waals surface area contributed by atoms with Gasteiger partial charge in [0.25, 0.3) is 5.91 Å². The van der Waals surface area contributed by atoms with Crippen molar-refractivity contribution in [3.8, 4) is 5.88 Å². The number of hydrogen-bond donors (Lipinski definition) is 2. The Morgan fingerprint density at radius 1 is 0.971 bits per heavy atom. The highest BCUT2D eigenvalue weighted by atomic mass is 16.6. The van der Waals surface area contributed by atoms with E-state index in [4.69, 9.17) is 9.47 Å². The Hall–Kier alpha value is -3.20. The Morgan fingerprint density at radius 2 is 1.71 bits per heavy atom. The van der Waals surface area contributed by atoms with Crippen LogP contribution in [0.2, 0.25) is 0 Å². The molecule has 2 unspecified atom stereocenters. The topological polar surface area (TPSA) is 106 Å². The average Bonchev–Trinajstić information content (AvgIpc) is 2.84.